The number of allylic oxidation sites excluding steroid dienone is 1. The number of methoxy groups -OCH3 is 1. The van der Waals surface area contributed by atoms with Gasteiger partial charge in [-0.25, -0.2) is 4.68 Å². The average Bonchev–Trinajstić information content (AvgIpc) is 3.11. The number of nitrogens with one attached hydrogen (secondary N) is 1. The first-order valence-corrected chi connectivity index (χ1v) is 9.41. The highest BCUT2D eigenvalue weighted by molar-refractivity contribution is 9.10. The summed E-state index contributed by atoms with van der Waals surface area (Å²) in [5, 5.41) is 7.82. The number of hydrogen-bond acceptors (Lipinski definition) is 5. The SMILES string of the molecule is COc1ccc(-c2nc3n(n2)C(c2ccc(Br)cc2)C(C(N)=O)=C(C)N3)cc1. The molecule has 2 heterocycles. The van der Waals surface area contributed by atoms with E-state index in [-0.39, 0.29) is 0 Å². The van der Waals surface area contributed by atoms with Gasteiger partial charge in [-0.15, -0.1) is 5.10 Å². The molecule has 1 aliphatic heterocycles. The summed E-state index contributed by atoms with van der Waals surface area (Å²) < 4.78 is 7.86. The molecular formula is C20H18BrN5O2. The van der Waals surface area contributed by atoms with E-state index in [1.54, 1.807) is 11.8 Å². The van der Waals surface area contributed by atoms with Gasteiger partial charge in [-0.05, 0) is 48.9 Å². The molecule has 0 spiro atoms. The predicted octanol–water partition coefficient (Wildman–Crippen LogP) is 3.49. The van der Waals surface area contributed by atoms with Gasteiger partial charge >= 0.3 is 0 Å². The van der Waals surface area contributed by atoms with Gasteiger partial charge in [0.05, 0.1) is 12.7 Å². The van der Waals surface area contributed by atoms with Crippen LogP contribution >= 0.6 is 15.9 Å². The fourth-order valence-corrected chi connectivity index (χ4v) is 3.55. The van der Waals surface area contributed by atoms with E-state index in [1.807, 2.05) is 55.5 Å². The Morgan fingerprint density at radius 1 is 1.18 bits per heavy atom. The highest BCUT2D eigenvalue weighted by Crippen LogP contribution is 2.36. The summed E-state index contributed by atoms with van der Waals surface area (Å²) in [6, 6.07) is 14.8. The van der Waals surface area contributed by atoms with Gasteiger partial charge in [-0.2, -0.15) is 4.98 Å². The maximum absolute atomic E-state index is 12.2. The van der Waals surface area contributed by atoms with Crippen LogP contribution in [0.15, 0.2) is 64.3 Å². The molecule has 0 saturated heterocycles. The first-order chi connectivity index (χ1) is 13.5. The van der Waals surface area contributed by atoms with Crippen LogP contribution in [0.5, 0.6) is 5.75 Å². The smallest absolute Gasteiger partial charge is 0.248 e. The van der Waals surface area contributed by atoms with Gasteiger partial charge in [0, 0.05) is 15.7 Å². The van der Waals surface area contributed by atoms with E-state index < -0.39 is 11.9 Å². The van der Waals surface area contributed by atoms with Crippen molar-refractivity contribution in [1.29, 1.82) is 0 Å². The van der Waals surface area contributed by atoms with Crippen molar-refractivity contribution in [2.45, 2.75) is 13.0 Å². The number of nitrogens with zero attached hydrogens (tertiary/aromatic N) is 3. The van der Waals surface area contributed by atoms with Crippen molar-refractivity contribution >= 4 is 27.8 Å². The summed E-state index contributed by atoms with van der Waals surface area (Å²) in [7, 11) is 1.62. The lowest BCUT2D eigenvalue weighted by atomic mass is 9.95. The average molecular weight is 440 g/mol. The first-order valence-electron chi connectivity index (χ1n) is 8.62. The summed E-state index contributed by atoms with van der Waals surface area (Å²) in [5.74, 6) is 1.37. The van der Waals surface area contributed by atoms with Gasteiger partial charge in [0.25, 0.3) is 0 Å². The van der Waals surface area contributed by atoms with Crippen LogP contribution in [0.3, 0.4) is 0 Å². The molecule has 4 rings (SSSR count). The third kappa shape index (κ3) is 3.16. The zero-order valence-electron chi connectivity index (χ0n) is 15.3. The van der Waals surface area contributed by atoms with E-state index in [1.165, 1.54) is 0 Å². The van der Waals surface area contributed by atoms with E-state index >= 15 is 0 Å². The molecule has 1 atom stereocenters. The van der Waals surface area contributed by atoms with Crippen LogP contribution in [0.2, 0.25) is 0 Å². The number of hydrogen-bond donors (Lipinski definition) is 2. The monoisotopic (exact) mass is 439 g/mol. The molecule has 8 heteroatoms. The number of ether oxygens (including phenoxy) is 1. The quantitative estimate of drug-likeness (QED) is 0.648. The lowest BCUT2D eigenvalue weighted by Gasteiger charge is -2.27. The second-order valence-electron chi connectivity index (χ2n) is 6.41. The van der Waals surface area contributed by atoms with Crippen LogP contribution in [0.25, 0.3) is 11.4 Å². The highest BCUT2D eigenvalue weighted by atomic mass is 79.9. The number of amides is 1. The van der Waals surface area contributed by atoms with E-state index in [4.69, 9.17) is 10.5 Å². The summed E-state index contributed by atoms with van der Waals surface area (Å²) in [6.45, 7) is 1.82. The van der Waals surface area contributed by atoms with Crippen LogP contribution < -0.4 is 15.8 Å². The Labute approximate surface area is 170 Å². The largest absolute Gasteiger partial charge is 0.497 e. The number of fused-ring (bicyclic) bond motifs is 1. The van der Waals surface area contributed by atoms with Gasteiger partial charge < -0.3 is 15.8 Å². The topological polar surface area (TPSA) is 95.1 Å². The highest BCUT2D eigenvalue weighted by Gasteiger charge is 2.33. The Hall–Kier alpha value is -3.13. The number of benzene rings is 2. The molecule has 0 aliphatic carbocycles. The number of rotatable bonds is 4. The van der Waals surface area contributed by atoms with E-state index in [0.717, 1.165) is 21.3 Å². The van der Waals surface area contributed by atoms with Crippen molar-refractivity contribution in [3.8, 4) is 17.1 Å². The summed E-state index contributed by atoms with van der Waals surface area (Å²) >= 11 is 3.44. The van der Waals surface area contributed by atoms with Crippen LogP contribution in [-0.2, 0) is 4.79 Å². The van der Waals surface area contributed by atoms with E-state index in [0.29, 0.717) is 23.0 Å². The second kappa shape index (κ2) is 7.12. The molecule has 1 amide bonds. The molecule has 2 aromatic carbocycles. The summed E-state index contributed by atoms with van der Waals surface area (Å²) in [6.07, 6.45) is 0. The van der Waals surface area contributed by atoms with Crippen LogP contribution in [-0.4, -0.2) is 27.8 Å². The minimum absolute atomic E-state index is 0.457. The number of anilines is 1. The van der Waals surface area contributed by atoms with Crippen molar-refractivity contribution in [1.82, 2.24) is 14.8 Å². The molecule has 0 saturated carbocycles. The number of halogens is 1. The molecule has 3 aromatic rings. The zero-order chi connectivity index (χ0) is 19.8. The third-order valence-corrected chi connectivity index (χ3v) is 5.18. The van der Waals surface area contributed by atoms with Crippen molar-refractivity contribution in [2.24, 2.45) is 5.73 Å². The maximum Gasteiger partial charge on any atom is 0.248 e. The zero-order valence-corrected chi connectivity index (χ0v) is 16.9. The fourth-order valence-electron chi connectivity index (χ4n) is 3.29. The van der Waals surface area contributed by atoms with Crippen molar-refractivity contribution in [3.63, 3.8) is 0 Å². The second-order valence-corrected chi connectivity index (χ2v) is 7.33. The van der Waals surface area contributed by atoms with E-state index in [2.05, 4.69) is 31.3 Å². The van der Waals surface area contributed by atoms with Gasteiger partial charge in [0.15, 0.2) is 5.82 Å². The Kier molecular flexibility index (Phi) is 4.64. The number of primary amides is 1. The Bertz CT molecular complexity index is 1070. The molecule has 1 aliphatic rings. The van der Waals surface area contributed by atoms with Crippen LogP contribution in [0.4, 0.5) is 5.95 Å². The first kappa shape index (κ1) is 18.2. The molecule has 7 nitrogen and oxygen atoms in total. The van der Waals surface area contributed by atoms with Crippen molar-refractivity contribution < 1.29 is 9.53 Å². The Balaban J connectivity index is 1.83. The van der Waals surface area contributed by atoms with Gasteiger partial charge in [0.1, 0.15) is 11.8 Å². The fraction of sp³-hybridized carbons (Fsp3) is 0.150. The van der Waals surface area contributed by atoms with Crippen molar-refractivity contribution in [2.75, 3.05) is 12.4 Å². The molecule has 3 N–H and O–H groups in total. The Morgan fingerprint density at radius 2 is 1.86 bits per heavy atom. The molecular weight excluding hydrogens is 422 g/mol. The Morgan fingerprint density at radius 3 is 2.46 bits per heavy atom. The van der Waals surface area contributed by atoms with Gasteiger partial charge in [-0.3, -0.25) is 4.79 Å². The standard InChI is InChI=1S/C20H18BrN5O2/c1-11-16(18(22)27)17(12-3-7-14(21)8-4-12)26-20(23-11)24-19(25-26)13-5-9-15(28-2)10-6-13/h3-10,17H,1-2H3,(H2,22,27)(H,23,24,25). The third-order valence-electron chi connectivity index (χ3n) is 4.65. The summed E-state index contributed by atoms with van der Waals surface area (Å²) in [5.41, 5.74) is 8.57. The summed E-state index contributed by atoms with van der Waals surface area (Å²) in [4.78, 5) is 16.8. The van der Waals surface area contributed by atoms with Gasteiger partial charge in [0.2, 0.25) is 11.9 Å². The molecule has 28 heavy (non-hydrogen) atoms. The minimum Gasteiger partial charge on any atom is -0.497 e. The van der Waals surface area contributed by atoms with E-state index in [9.17, 15) is 4.79 Å². The minimum atomic E-state index is -0.495. The molecule has 0 radical (unpaired) electrons. The van der Waals surface area contributed by atoms with Crippen LogP contribution in [0, 0.1) is 0 Å². The lowest BCUT2D eigenvalue weighted by Crippen LogP contribution is -2.31. The predicted molar refractivity (Wildman–Crippen MR) is 110 cm³/mol. The molecule has 142 valence electrons. The van der Waals surface area contributed by atoms with Crippen LogP contribution in [0.1, 0.15) is 18.5 Å². The van der Waals surface area contributed by atoms with Crippen molar-refractivity contribution in [3.05, 3.63) is 69.8 Å². The number of aromatic nitrogens is 3. The number of carbonyl (C=O) groups excluding carboxylic acids is 1. The molecule has 0 fully saturated rings. The maximum atomic E-state index is 12.2. The lowest BCUT2D eigenvalue weighted by molar-refractivity contribution is -0.115. The molecule has 1 aromatic heterocycles. The normalized spacial score (nSPS) is 15.8. The molecule has 0 bridgehead atoms. The van der Waals surface area contributed by atoms with Gasteiger partial charge in [-0.1, -0.05) is 28.1 Å². The molecule has 1 unspecified atom stereocenters. The number of carbonyl (C=O) groups is 1. The number of nitrogens with two attached hydrogens (primary N) is 1.